The number of carbonyl (C=O) groups is 1. The van der Waals surface area contributed by atoms with E-state index in [1.165, 1.54) is 5.56 Å². The molecular formula is C18H22N2O. The van der Waals surface area contributed by atoms with Gasteiger partial charge in [-0.15, -0.1) is 0 Å². The van der Waals surface area contributed by atoms with Crippen LogP contribution >= 0.6 is 0 Å². The third kappa shape index (κ3) is 4.09. The lowest BCUT2D eigenvalue weighted by Crippen LogP contribution is -2.22. The lowest BCUT2D eigenvalue weighted by Gasteiger charge is -2.11. The number of nitrogens with one attached hydrogen (secondary N) is 2. The van der Waals surface area contributed by atoms with E-state index >= 15 is 0 Å². The summed E-state index contributed by atoms with van der Waals surface area (Å²) in [6.07, 6.45) is 1.00. The molecule has 0 unspecified atom stereocenters. The maximum Gasteiger partial charge on any atom is 0.251 e. The molecule has 0 aliphatic heterocycles. The second kappa shape index (κ2) is 7.48. The molecule has 1 amide bonds. The predicted molar refractivity (Wildman–Crippen MR) is 87.6 cm³/mol. The Bertz CT molecular complexity index is 608. The van der Waals surface area contributed by atoms with Gasteiger partial charge in [0.15, 0.2) is 0 Å². The van der Waals surface area contributed by atoms with Gasteiger partial charge < -0.3 is 10.6 Å². The number of aryl methyl sites for hydroxylation is 1. The first-order valence-corrected chi connectivity index (χ1v) is 7.43. The van der Waals surface area contributed by atoms with E-state index in [0.29, 0.717) is 18.7 Å². The number of hydrogen-bond donors (Lipinski definition) is 2. The van der Waals surface area contributed by atoms with Crippen LogP contribution in [0.1, 0.15) is 35.3 Å². The summed E-state index contributed by atoms with van der Waals surface area (Å²) in [4.78, 5) is 11.8. The molecule has 2 aromatic rings. The third-order valence-corrected chi connectivity index (χ3v) is 3.41. The summed E-state index contributed by atoms with van der Waals surface area (Å²) in [6.45, 7) is 5.43. The normalized spacial score (nSPS) is 10.2. The summed E-state index contributed by atoms with van der Waals surface area (Å²) >= 11 is 0. The highest BCUT2D eigenvalue weighted by Crippen LogP contribution is 2.17. The van der Waals surface area contributed by atoms with Crippen molar-refractivity contribution in [1.82, 2.24) is 5.32 Å². The van der Waals surface area contributed by atoms with Crippen LogP contribution in [0.5, 0.6) is 0 Å². The standard InChI is InChI=1S/C18H22N2O/c1-3-15-9-5-6-11-17(15)20-13-14-8-7-10-16(12-14)18(21)19-4-2/h5-12,20H,3-4,13H2,1-2H3,(H,19,21). The zero-order valence-corrected chi connectivity index (χ0v) is 12.6. The minimum atomic E-state index is -0.0201. The van der Waals surface area contributed by atoms with Gasteiger partial charge in [-0.2, -0.15) is 0 Å². The molecule has 3 nitrogen and oxygen atoms in total. The van der Waals surface area contributed by atoms with E-state index in [2.05, 4.69) is 35.8 Å². The summed E-state index contributed by atoms with van der Waals surface area (Å²) in [6, 6.07) is 16.0. The van der Waals surface area contributed by atoms with Gasteiger partial charge in [0.05, 0.1) is 0 Å². The van der Waals surface area contributed by atoms with Crippen molar-refractivity contribution < 1.29 is 4.79 Å². The molecule has 21 heavy (non-hydrogen) atoms. The summed E-state index contributed by atoms with van der Waals surface area (Å²) in [5.41, 5.74) is 4.27. The van der Waals surface area contributed by atoms with Crippen LogP contribution in [-0.4, -0.2) is 12.5 Å². The van der Waals surface area contributed by atoms with Gasteiger partial charge in [-0.05, 0) is 42.7 Å². The molecule has 3 heteroatoms. The Labute approximate surface area is 126 Å². The van der Waals surface area contributed by atoms with Gasteiger partial charge >= 0.3 is 0 Å². The molecule has 0 aromatic heterocycles. The molecule has 0 fully saturated rings. The Morgan fingerprint density at radius 1 is 1.05 bits per heavy atom. The molecule has 2 rings (SSSR count). The Morgan fingerprint density at radius 3 is 2.62 bits per heavy atom. The van der Waals surface area contributed by atoms with Crippen LogP contribution in [-0.2, 0) is 13.0 Å². The lowest BCUT2D eigenvalue weighted by molar-refractivity contribution is 0.0955. The van der Waals surface area contributed by atoms with Crippen molar-refractivity contribution in [2.24, 2.45) is 0 Å². The minimum absolute atomic E-state index is 0.0201. The van der Waals surface area contributed by atoms with Crippen molar-refractivity contribution in [3.63, 3.8) is 0 Å². The van der Waals surface area contributed by atoms with Crippen molar-refractivity contribution in [2.45, 2.75) is 26.8 Å². The molecule has 2 aromatic carbocycles. The molecule has 0 radical (unpaired) electrons. The predicted octanol–water partition coefficient (Wildman–Crippen LogP) is 3.61. The van der Waals surface area contributed by atoms with Gasteiger partial charge in [0.2, 0.25) is 0 Å². The molecule has 2 N–H and O–H groups in total. The van der Waals surface area contributed by atoms with E-state index < -0.39 is 0 Å². The van der Waals surface area contributed by atoms with Crippen molar-refractivity contribution in [2.75, 3.05) is 11.9 Å². The Hall–Kier alpha value is -2.29. The zero-order valence-electron chi connectivity index (χ0n) is 12.6. The highest BCUT2D eigenvalue weighted by atomic mass is 16.1. The summed E-state index contributed by atoms with van der Waals surface area (Å²) < 4.78 is 0. The molecule has 0 saturated heterocycles. The second-order valence-electron chi connectivity index (χ2n) is 4.92. The van der Waals surface area contributed by atoms with Gasteiger partial charge in [0.25, 0.3) is 5.91 Å². The molecule has 110 valence electrons. The largest absolute Gasteiger partial charge is 0.381 e. The van der Waals surface area contributed by atoms with Crippen molar-refractivity contribution in [3.8, 4) is 0 Å². The quantitative estimate of drug-likeness (QED) is 0.849. The van der Waals surface area contributed by atoms with E-state index in [9.17, 15) is 4.79 Å². The van der Waals surface area contributed by atoms with Crippen molar-refractivity contribution >= 4 is 11.6 Å². The van der Waals surface area contributed by atoms with Crippen LogP contribution in [0.3, 0.4) is 0 Å². The van der Waals surface area contributed by atoms with Gasteiger partial charge in [-0.3, -0.25) is 4.79 Å². The van der Waals surface area contributed by atoms with E-state index in [-0.39, 0.29) is 5.91 Å². The number of hydrogen-bond acceptors (Lipinski definition) is 2. The van der Waals surface area contributed by atoms with Gasteiger partial charge in [-0.25, -0.2) is 0 Å². The van der Waals surface area contributed by atoms with E-state index in [1.807, 2.05) is 37.3 Å². The first-order valence-electron chi connectivity index (χ1n) is 7.43. The fourth-order valence-electron chi connectivity index (χ4n) is 2.28. The zero-order chi connectivity index (χ0) is 15.1. The van der Waals surface area contributed by atoms with E-state index in [1.54, 1.807) is 0 Å². The Kier molecular flexibility index (Phi) is 5.38. The maximum absolute atomic E-state index is 11.8. The van der Waals surface area contributed by atoms with Crippen LogP contribution in [0.2, 0.25) is 0 Å². The third-order valence-electron chi connectivity index (χ3n) is 3.41. The van der Waals surface area contributed by atoms with E-state index in [4.69, 9.17) is 0 Å². The van der Waals surface area contributed by atoms with Gasteiger partial charge in [0, 0.05) is 24.3 Å². The topological polar surface area (TPSA) is 41.1 Å². The van der Waals surface area contributed by atoms with Crippen LogP contribution in [0.25, 0.3) is 0 Å². The fraction of sp³-hybridized carbons (Fsp3) is 0.278. The van der Waals surface area contributed by atoms with Gasteiger partial charge in [-0.1, -0.05) is 37.3 Å². The molecule has 0 heterocycles. The smallest absolute Gasteiger partial charge is 0.251 e. The average molecular weight is 282 g/mol. The number of amides is 1. The summed E-state index contributed by atoms with van der Waals surface area (Å²) in [5, 5.41) is 6.27. The first-order chi connectivity index (χ1) is 10.2. The number of carbonyl (C=O) groups excluding carboxylic acids is 1. The number of benzene rings is 2. The molecule has 0 aliphatic carbocycles. The average Bonchev–Trinajstić information content (AvgIpc) is 2.53. The SMILES string of the molecule is CCNC(=O)c1cccc(CNc2ccccc2CC)c1. The number of anilines is 1. The number of rotatable bonds is 6. The summed E-state index contributed by atoms with van der Waals surface area (Å²) in [5.74, 6) is -0.0201. The van der Waals surface area contributed by atoms with Crippen LogP contribution in [0, 0.1) is 0 Å². The summed E-state index contributed by atoms with van der Waals surface area (Å²) in [7, 11) is 0. The van der Waals surface area contributed by atoms with Crippen LogP contribution in [0.15, 0.2) is 48.5 Å². The van der Waals surface area contributed by atoms with Crippen molar-refractivity contribution in [1.29, 1.82) is 0 Å². The molecular weight excluding hydrogens is 260 g/mol. The minimum Gasteiger partial charge on any atom is -0.381 e. The molecule has 0 spiro atoms. The fourth-order valence-corrected chi connectivity index (χ4v) is 2.28. The maximum atomic E-state index is 11.8. The Balaban J connectivity index is 2.06. The lowest BCUT2D eigenvalue weighted by atomic mass is 10.1. The first kappa shape index (κ1) is 15.1. The molecule has 0 bridgehead atoms. The molecule has 0 atom stereocenters. The highest BCUT2D eigenvalue weighted by Gasteiger charge is 2.05. The van der Waals surface area contributed by atoms with Crippen molar-refractivity contribution in [3.05, 3.63) is 65.2 Å². The molecule has 0 saturated carbocycles. The molecule has 0 aliphatic rings. The van der Waals surface area contributed by atoms with Crippen LogP contribution in [0.4, 0.5) is 5.69 Å². The second-order valence-corrected chi connectivity index (χ2v) is 4.92. The Morgan fingerprint density at radius 2 is 1.86 bits per heavy atom. The van der Waals surface area contributed by atoms with Crippen LogP contribution < -0.4 is 10.6 Å². The monoisotopic (exact) mass is 282 g/mol. The van der Waals surface area contributed by atoms with E-state index in [0.717, 1.165) is 17.7 Å². The van der Waals surface area contributed by atoms with Gasteiger partial charge in [0.1, 0.15) is 0 Å². The highest BCUT2D eigenvalue weighted by molar-refractivity contribution is 5.94. The number of para-hydroxylation sites is 1.